The maximum absolute atomic E-state index is 9.42. The zero-order valence-electron chi connectivity index (χ0n) is 8.73. The molecule has 1 aromatic carbocycles. The Hall–Kier alpha value is -0.240. The molecule has 7 heteroatoms. The number of aromatic nitrogens is 3. The highest BCUT2D eigenvalue weighted by Gasteiger charge is 2.13. The molecule has 0 aliphatic rings. The Bertz CT molecular complexity index is 530. The van der Waals surface area contributed by atoms with Crippen LogP contribution in [0.4, 0.5) is 0 Å². The number of nitrogens with zero attached hydrogens (tertiary/aromatic N) is 3. The van der Waals surface area contributed by atoms with Crippen LogP contribution in [0.3, 0.4) is 0 Å². The van der Waals surface area contributed by atoms with E-state index in [0.717, 1.165) is 19.1 Å². The summed E-state index contributed by atoms with van der Waals surface area (Å²) >= 11 is 10.3. The molecule has 4 nitrogen and oxygen atoms in total. The van der Waals surface area contributed by atoms with E-state index in [9.17, 15) is 5.11 Å². The smallest absolute Gasteiger partial charge is 0.111 e. The summed E-state index contributed by atoms with van der Waals surface area (Å²) in [7, 11) is 0. The van der Waals surface area contributed by atoms with Gasteiger partial charge in [0.05, 0.1) is 18.0 Å². The van der Waals surface area contributed by atoms with E-state index >= 15 is 0 Å². The van der Waals surface area contributed by atoms with Gasteiger partial charge in [0.25, 0.3) is 0 Å². The molecule has 0 saturated carbocycles. The summed E-state index contributed by atoms with van der Waals surface area (Å²) in [5, 5.41) is 17.3. The standard InChI is InChI=1S/C10H8Br3N3O/c1-5(17)9-4-16(15-14-9)10-7(12)2-6(11)3-8(10)13/h2-5,17H,1H3. The van der Waals surface area contributed by atoms with Crippen molar-refractivity contribution in [1.82, 2.24) is 15.0 Å². The van der Waals surface area contributed by atoms with Gasteiger partial charge in [-0.3, -0.25) is 0 Å². The predicted molar refractivity (Wildman–Crippen MR) is 75.1 cm³/mol. The molecule has 0 aliphatic heterocycles. The maximum atomic E-state index is 9.42. The lowest BCUT2D eigenvalue weighted by Crippen LogP contribution is -1.97. The molecule has 1 atom stereocenters. The molecular weight excluding hydrogens is 418 g/mol. The normalized spacial score (nSPS) is 12.8. The fraction of sp³-hybridized carbons (Fsp3) is 0.200. The van der Waals surface area contributed by atoms with E-state index in [1.807, 2.05) is 12.1 Å². The average molecular weight is 426 g/mol. The van der Waals surface area contributed by atoms with Crippen LogP contribution in [0.1, 0.15) is 18.7 Å². The van der Waals surface area contributed by atoms with Crippen molar-refractivity contribution in [2.24, 2.45) is 0 Å². The Labute approximate surface area is 123 Å². The highest BCUT2D eigenvalue weighted by Crippen LogP contribution is 2.32. The van der Waals surface area contributed by atoms with Crippen LogP contribution in [0.2, 0.25) is 0 Å². The number of benzene rings is 1. The molecule has 2 aromatic rings. The summed E-state index contributed by atoms with van der Waals surface area (Å²) in [6.07, 6.45) is 1.07. The lowest BCUT2D eigenvalue weighted by atomic mass is 10.3. The molecule has 90 valence electrons. The van der Waals surface area contributed by atoms with Crippen LogP contribution in [0.5, 0.6) is 0 Å². The van der Waals surface area contributed by atoms with Crippen molar-refractivity contribution in [3.05, 3.63) is 37.4 Å². The van der Waals surface area contributed by atoms with Gasteiger partial charge < -0.3 is 5.11 Å². The quantitative estimate of drug-likeness (QED) is 0.799. The third-order valence-corrected chi connectivity index (χ3v) is 3.82. The van der Waals surface area contributed by atoms with E-state index in [1.54, 1.807) is 17.8 Å². The molecule has 0 spiro atoms. The third kappa shape index (κ3) is 2.78. The first-order valence-electron chi connectivity index (χ1n) is 4.74. The summed E-state index contributed by atoms with van der Waals surface area (Å²) in [5.74, 6) is 0. The van der Waals surface area contributed by atoms with E-state index < -0.39 is 6.10 Å². The van der Waals surface area contributed by atoms with Crippen LogP contribution in [0.15, 0.2) is 31.7 Å². The molecule has 0 fully saturated rings. The maximum Gasteiger partial charge on any atom is 0.111 e. The van der Waals surface area contributed by atoms with Gasteiger partial charge in [-0.2, -0.15) is 0 Å². The molecule has 1 N–H and O–H groups in total. The highest BCUT2D eigenvalue weighted by molar-refractivity contribution is 9.11. The van der Waals surface area contributed by atoms with Gasteiger partial charge in [0.15, 0.2) is 0 Å². The molecule has 2 rings (SSSR count). The van der Waals surface area contributed by atoms with Gasteiger partial charge in [0.2, 0.25) is 0 Å². The third-order valence-electron chi connectivity index (χ3n) is 2.15. The Kier molecular flexibility index (Phi) is 4.02. The molecule has 0 aliphatic carbocycles. The summed E-state index contributed by atoms with van der Waals surface area (Å²) in [6, 6.07) is 3.84. The SMILES string of the molecule is CC(O)c1cn(-c2c(Br)cc(Br)cc2Br)nn1. The van der Waals surface area contributed by atoms with E-state index in [2.05, 4.69) is 58.1 Å². The minimum absolute atomic E-state index is 0.534. The number of halogens is 3. The van der Waals surface area contributed by atoms with Crippen LogP contribution < -0.4 is 0 Å². The second kappa shape index (κ2) is 5.17. The number of aliphatic hydroxyl groups is 1. The summed E-state index contributed by atoms with van der Waals surface area (Å²) in [4.78, 5) is 0. The number of rotatable bonds is 2. The first-order chi connectivity index (χ1) is 7.99. The van der Waals surface area contributed by atoms with Crippen molar-refractivity contribution in [3.8, 4) is 5.69 Å². The van der Waals surface area contributed by atoms with Crippen LogP contribution >= 0.6 is 47.8 Å². The molecule has 1 aromatic heterocycles. The van der Waals surface area contributed by atoms with Gasteiger partial charge in [-0.1, -0.05) is 21.1 Å². The lowest BCUT2D eigenvalue weighted by molar-refractivity contribution is 0.194. The fourth-order valence-electron chi connectivity index (χ4n) is 1.33. The molecule has 0 radical (unpaired) electrons. The Balaban J connectivity index is 2.52. The van der Waals surface area contributed by atoms with Crippen molar-refractivity contribution in [1.29, 1.82) is 0 Å². The number of aliphatic hydroxyl groups excluding tert-OH is 1. The average Bonchev–Trinajstić information content (AvgIpc) is 2.65. The number of hydrogen-bond acceptors (Lipinski definition) is 3. The van der Waals surface area contributed by atoms with Gasteiger partial charge in [0.1, 0.15) is 5.69 Å². The van der Waals surface area contributed by atoms with Gasteiger partial charge in [-0.15, -0.1) is 5.10 Å². The minimum atomic E-state index is -0.628. The predicted octanol–water partition coefficient (Wildman–Crippen LogP) is 3.61. The zero-order valence-corrected chi connectivity index (χ0v) is 13.5. The Morgan fingerprint density at radius 1 is 1.24 bits per heavy atom. The van der Waals surface area contributed by atoms with Crippen molar-refractivity contribution < 1.29 is 5.11 Å². The topological polar surface area (TPSA) is 50.9 Å². The molecule has 17 heavy (non-hydrogen) atoms. The molecule has 0 saturated heterocycles. The van der Waals surface area contributed by atoms with Gasteiger partial charge in [0, 0.05) is 13.4 Å². The fourth-order valence-corrected chi connectivity index (χ4v) is 3.95. The first kappa shape index (κ1) is 13.2. The van der Waals surface area contributed by atoms with E-state index in [0.29, 0.717) is 5.69 Å². The van der Waals surface area contributed by atoms with E-state index in [1.165, 1.54) is 0 Å². The Morgan fingerprint density at radius 3 is 2.29 bits per heavy atom. The first-order valence-corrected chi connectivity index (χ1v) is 7.12. The van der Waals surface area contributed by atoms with Crippen molar-refractivity contribution in [2.75, 3.05) is 0 Å². The Morgan fingerprint density at radius 2 is 1.82 bits per heavy atom. The van der Waals surface area contributed by atoms with Crippen LogP contribution in [-0.4, -0.2) is 20.1 Å². The van der Waals surface area contributed by atoms with E-state index in [4.69, 9.17) is 0 Å². The largest absolute Gasteiger partial charge is 0.387 e. The van der Waals surface area contributed by atoms with Crippen molar-refractivity contribution >= 4 is 47.8 Å². The summed E-state index contributed by atoms with van der Waals surface area (Å²) in [5.41, 5.74) is 1.37. The van der Waals surface area contributed by atoms with Crippen LogP contribution in [0.25, 0.3) is 5.69 Å². The second-order valence-corrected chi connectivity index (χ2v) is 6.11. The van der Waals surface area contributed by atoms with Crippen LogP contribution in [-0.2, 0) is 0 Å². The molecule has 0 amide bonds. The zero-order chi connectivity index (χ0) is 12.6. The van der Waals surface area contributed by atoms with Crippen LogP contribution in [0, 0.1) is 0 Å². The van der Waals surface area contributed by atoms with E-state index in [-0.39, 0.29) is 0 Å². The molecule has 1 heterocycles. The molecule has 0 bridgehead atoms. The summed E-state index contributed by atoms with van der Waals surface area (Å²) < 4.78 is 4.32. The van der Waals surface area contributed by atoms with Crippen molar-refractivity contribution in [3.63, 3.8) is 0 Å². The monoisotopic (exact) mass is 423 g/mol. The highest BCUT2D eigenvalue weighted by atomic mass is 79.9. The molecule has 1 unspecified atom stereocenters. The van der Waals surface area contributed by atoms with Gasteiger partial charge in [-0.05, 0) is 50.9 Å². The minimum Gasteiger partial charge on any atom is -0.387 e. The van der Waals surface area contributed by atoms with Gasteiger partial charge >= 0.3 is 0 Å². The lowest BCUT2D eigenvalue weighted by Gasteiger charge is -2.07. The number of hydrogen-bond donors (Lipinski definition) is 1. The summed E-state index contributed by atoms with van der Waals surface area (Å²) in [6.45, 7) is 1.65. The second-order valence-electron chi connectivity index (χ2n) is 3.48. The molecular formula is C10H8Br3N3O. The van der Waals surface area contributed by atoms with Gasteiger partial charge in [-0.25, -0.2) is 4.68 Å². The van der Waals surface area contributed by atoms with Crippen molar-refractivity contribution in [2.45, 2.75) is 13.0 Å².